The van der Waals surface area contributed by atoms with Crippen LogP contribution in [-0.2, 0) is 6.18 Å². The molecule has 1 aliphatic carbocycles. The first-order chi connectivity index (χ1) is 8.77. The average Bonchev–Trinajstić information content (AvgIpc) is 2.25. The zero-order valence-corrected chi connectivity index (χ0v) is 11.4. The van der Waals surface area contributed by atoms with E-state index < -0.39 is 17.6 Å². The number of nitrogens with one attached hydrogen (secondary N) is 1. The lowest BCUT2D eigenvalue weighted by atomic mass is 9.87. The minimum absolute atomic E-state index is 0.0182. The van der Waals surface area contributed by atoms with E-state index in [0.717, 1.165) is 12.1 Å². The Kier molecular flexibility index (Phi) is 3.87. The van der Waals surface area contributed by atoms with Crippen LogP contribution in [-0.4, -0.2) is 18.0 Å². The van der Waals surface area contributed by atoms with Gasteiger partial charge in [-0.2, -0.15) is 13.2 Å². The fourth-order valence-corrected chi connectivity index (χ4v) is 2.35. The summed E-state index contributed by atoms with van der Waals surface area (Å²) in [7, 11) is 0. The highest BCUT2D eigenvalue weighted by molar-refractivity contribution is 9.10. The summed E-state index contributed by atoms with van der Waals surface area (Å²) in [5, 5.41) is 2.67. The third-order valence-electron chi connectivity index (χ3n) is 3.05. The van der Waals surface area contributed by atoms with Gasteiger partial charge in [0.25, 0.3) is 5.91 Å². The third-order valence-corrected chi connectivity index (χ3v) is 3.74. The van der Waals surface area contributed by atoms with Crippen molar-refractivity contribution < 1.29 is 18.0 Å². The molecule has 3 nitrogen and oxygen atoms in total. The number of benzene rings is 1. The number of amides is 1. The number of hydrogen-bond acceptors (Lipinski definition) is 2. The van der Waals surface area contributed by atoms with Crippen LogP contribution >= 0.6 is 15.9 Å². The highest BCUT2D eigenvalue weighted by Crippen LogP contribution is 2.32. The molecule has 0 heterocycles. The van der Waals surface area contributed by atoms with E-state index in [0.29, 0.717) is 17.3 Å². The second kappa shape index (κ2) is 5.13. The summed E-state index contributed by atoms with van der Waals surface area (Å²) in [6, 6.07) is 3.02. The molecular weight excluding hydrogens is 325 g/mol. The molecule has 0 unspecified atom stereocenters. The van der Waals surface area contributed by atoms with Crippen LogP contribution in [0.1, 0.15) is 28.8 Å². The van der Waals surface area contributed by atoms with Crippen LogP contribution in [0, 0.1) is 0 Å². The van der Waals surface area contributed by atoms with Crippen molar-refractivity contribution in [1.82, 2.24) is 5.32 Å². The topological polar surface area (TPSA) is 55.1 Å². The van der Waals surface area contributed by atoms with Gasteiger partial charge in [-0.25, -0.2) is 0 Å². The Balaban J connectivity index is 2.16. The van der Waals surface area contributed by atoms with E-state index in [1.807, 2.05) is 0 Å². The molecule has 1 amide bonds. The van der Waals surface area contributed by atoms with Crippen molar-refractivity contribution >= 4 is 21.8 Å². The zero-order chi connectivity index (χ0) is 14.2. The van der Waals surface area contributed by atoms with Crippen molar-refractivity contribution in [3.8, 4) is 0 Å². The van der Waals surface area contributed by atoms with Crippen LogP contribution in [0.3, 0.4) is 0 Å². The second-order valence-electron chi connectivity index (χ2n) is 4.59. The molecule has 2 rings (SSSR count). The maximum atomic E-state index is 12.6. The Morgan fingerprint density at radius 2 is 2.00 bits per heavy atom. The van der Waals surface area contributed by atoms with E-state index in [9.17, 15) is 18.0 Å². The molecule has 0 atom stereocenters. The van der Waals surface area contributed by atoms with Gasteiger partial charge in [0.1, 0.15) is 0 Å². The smallest absolute Gasteiger partial charge is 0.349 e. The maximum Gasteiger partial charge on any atom is 0.416 e. The van der Waals surface area contributed by atoms with Crippen LogP contribution in [0.15, 0.2) is 22.7 Å². The SMILES string of the molecule is NC1CC(NC(=O)c2cc(C(F)(F)F)ccc2Br)C1. The first kappa shape index (κ1) is 14.3. The van der Waals surface area contributed by atoms with Gasteiger partial charge < -0.3 is 11.1 Å². The summed E-state index contributed by atoms with van der Waals surface area (Å²) >= 11 is 3.09. The molecule has 1 fully saturated rings. The maximum absolute atomic E-state index is 12.6. The highest BCUT2D eigenvalue weighted by Gasteiger charge is 2.32. The number of hydrogen-bond donors (Lipinski definition) is 2. The molecule has 0 aliphatic heterocycles. The molecule has 0 bridgehead atoms. The Hall–Kier alpha value is -1.08. The predicted molar refractivity (Wildman–Crippen MR) is 67.6 cm³/mol. The average molecular weight is 337 g/mol. The van der Waals surface area contributed by atoms with Crippen molar-refractivity contribution in [3.63, 3.8) is 0 Å². The van der Waals surface area contributed by atoms with Crippen molar-refractivity contribution in [3.05, 3.63) is 33.8 Å². The Bertz CT molecular complexity index is 498. The lowest BCUT2D eigenvalue weighted by Crippen LogP contribution is -2.50. The lowest BCUT2D eigenvalue weighted by Gasteiger charge is -2.33. The van der Waals surface area contributed by atoms with Crippen molar-refractivity contribution in [2.75, 3.05) is 0 Å². The van der Waals surface area contributed by atoms with Gasteiger partial charge in [-0.1, -0.05) is 0 Å². The monoisotopic (exact) mass is 336 g/mol. The number of halogens is 4. The summed E-state index contributed by atoms with van der Waals surface area (Å²) in [6.45, 7) is 0. The van der Waals surface area contributed by atoms with E-state index in [-0.39, 0.29) is 17.6 Å². The van der Waals surface area contributed by atoms with E-state index >= 15 is 0 Å². The molecule has 3 N–H and O–H groups in total. The minimum Gasteiger partial charge on any atom is -0.349 e. The van der Waals surface area contributed by atoms with Gasteiger partial charge in [0, 0.05) is 16.6 Å². The van der Waals surface area contributed by atoms with Crippen molar-refractivity contribution in [1.29, 1.82) is 0 Å². The first-order valence-corrected chi connectivity index (χ1v) is 6.50. The highest BCUT2D eigenvalue weighted by atomic mass is 79.9. The second-order valence-corrected chi connectivity index (χ2v) is 5.45. The normalized spacial score (nSPS) is 22.8. The summed E-state index contributed by atoms with van der Waals surface area (Å²) in [6.07, 6.45) is -3.15. The molecule has 1 saturated carbocycles. The minimum atomic E-state index is -4.46. The number of rotatable bonds is 2. The van der Waals surface area contributed by atoms with Gasteiger partial charge >= 0.3 is 6.18 Å². The molecule has 1 aliphatic rings. The van der Waals surface area contributed by atoms with Gasteiger partial charge in [0.05, 0.1) is 11.1 Å². The molecular formula is C12H12BrF3N2O. The molecule has 1 aromatic rings. The van der Waals surface area contributed by atoms with E-state index in [1.54, 1.807) is 0 Å². The van der Waals surface area contributed by atoms with Gasteiger partial charge in [-0.3, -0.25) is 4.79 Å². The quantitative estimate of drug-likeness (QED) is 0.872. The van der Waals surface area contributed by atoms with Crippen molar-refractivity contribution in [2.45, 2.75) is 31.1 Å². The standard InChI is InChI=1S/C12H12BrF3N2O/c13-10-2-1-6(12(14,15)16)3-9(10)11(19)18-8-4-7(17)5-8/h1-3,7-8H,4-5,17H2,(H,18,19). The number of carbonyl (C=O) groups is 1. The number of alkyl halides is 3. The van der Waals surface area contributed by atoms with Gasteiger partial charge in [-0.15, -0.1) is 0 Å². The van der Waals surface area contributed by atoms with Crippen LogP contribution in [0.5, 0.6) is 0 Å². The van der Waals surface area contributed by atoms with Crippen LogP contribution in [0.2, 0.25) is 0 Å². The summed E-state index contributed by atoms with van der Waals surface area (Å²) < 4.78 is 38.1. The van der Waals surface area contributed by atoms with E-state index in [4.69, 9.17) is 5.73 Å². The Labute approximate surface area is 116 Å². The number of nitrogens with two attached hydrogens (primary N) is 1. The Morgan fingerprint density at radius 1 is 1.37 bits per heavy atom. The Morgan fingerprint density at radius 3 is 2.53 bits per heavy atom. The van der Waals surface area contributed by atoms with Gasteiger partial charge in [0.2, 0.25) is 0 Å². The van der Waals surface area contributed by atoms with Gasteiger partial charge in [-0.05, 0) is 47.0 Å². The predicted octanol–water partition coefficient (Wildman–Crippen LogP) is 2.69. The van der Waals surface area contributed by atoms with Crippen LogP contribution in [0.4, 0.5) is 13.2 Å². The fraction of sp³-hybridized carbons (Fsp3) is 0.417. The summed E-state index contributed by atoms with van der Waals surface area (Å²) in [4.78, 5) is 11.9. The molecule has 1 aromatic carbocycles. The molecule has 0 radical (unpaired) electrons. The molecule has 0 saturated heterocycles. The van der Waals surface area contributed by atoms with Crippen LogP contribution < -0.4 is 11.1 Å². The number of carbonyl (C=O) groups excluding carboxylic acids is 1. The molecule has 7 heteroatoms. The van der Waals surface area contributed by atoms with E-state index in [1.165, 1.54) is 6.07 Å². The summed E-state index contributed by atoms with van der Waals surface area (Å²) in [5.41, 5.74) is 4.73. The molecule has 19 heavy (non-hydrogen) atoms. The zero-order valence-electron chi connectivity index (χ0n) is 9.80. The molecule has 0 aromatic heterocycles. The largest absolute Gasteiger partial charge is 0.416 e. The van der Waals surface area contributed by atoms with Crippen molar-refractivity contribution in [2.24, 2.45) is 5.73 Å². The summed E-state index contributed by atoms with van der Waals surface area (Å²) in [5.74, 6) is -0.519. The molecule has 104 valence electrons. The van der Waals surface area contributed by atoms with E-state index in [2.05, 4.69) is 21.2 Å². The molecule has 0 spiro atoms. The lowest BCUT2D eigenvalue weighted by molar-refractivity contribution is -0.137. The fourth-order valence-electron chi connectivity index (χ4n) is 1.92. The third kappa shape index (κ3) is 3.27. The van der Waals surface area contributed by atoms with Gasteiger partial charge in [0.15, 0.2) is 0 Å². The first-order valence-electron chi connectivity index (χ1n) is 5.70. The van der Waals surface area contributed by atoms with Crippen LogP contribution in [0.25, 0.3) is 0 Å².